The van der Waals surface area contributed by atoms with E-state index in [0.717, 1.165) is 11.4 Å². The van der Waals surface area contributed by atoms with Gasteiger partial charge < -0.3 is 9.13 Å². The number of rotatable bonds is 6. The van der Waals surface area contributed by atoms with Gasteiger partial charge in [0, 0.05) is 38.8 Å². The molecule has 0 aliphatic heterocycles. The zero-order valence-corrected chi connectivity index (χ0v) is 36.6. The third kappa shape index (κ3) is 5.97. The predicted molar refractivity (Wildman–Crippen MR) is 282 cm³/mol. The third-order valence-electron chi connectivity index (χ3n) is 14.4. The van der Waals surface area contributed by atoms with Gasteiger partial charge in [0.05, 0.1) is 22.1 Å². The smallest absolute Gasteiger partial charge is 0.0544 e. The summed E-state index contributed by atoms with van der Waals surface area (Å²) in [5.74, 6) is 0.123. The molecule has 1 aliphatic carbocycles. The second-order valence-corrected chi connectivity index (χ2v) is 18.1. The lowest BCUT2D eigenvalue weighted by Crippen LogP contribution is -2.00. The molecule has 2 heterocycles. The van der Waals surface area contributed by atoms with Crippen molar-refractivity contribution in [2.45, 2.75) is 5.92 Å². The molecular formula is C65H42N2. The molecule has 0 radical (unpaired) electrons. The van der Waals surface area contributed by atoms with Crippen LogP contribution in [0, 0.1) is 0 Å². The maximum absolute atomic E-state index is 2.50. The largest absolute Gasteiger partial charge is 0.309 e. The van der Waals surface area contributed by atoms with Crippen LogP contribution in [0.5, 0.6) is 0 Å². The van der Waals surface area contributed by atoms with Crippen molar-refractivity contribution in [3.63, 3.8) is 0 Å². The van der Waals surface area contributed by atoms with Gasteiger partial charge in [-0.2, -0.15) is 0 Å². The highest BCUT2D eigenvalue weighted by Gasteiger charge is 2.32. The third-order valence-corrected chi connectivity index (χ3v) is 14.4. The van der Waals surface area contributed by atoms with Crippen molar-refractivity contribution in [1.82, 2.24) is 9.13 Å². The van der Waals surface area contributed by atoms with Crippen molar-refractivity contribution in [3.8, 4) is 55.9 Å². The molecule has 2 aromatic heterocycles. The van der Waals surface area contributed by atoms with Gasteiger partial charge in [-0.25, -0.2) is 0 Å². The van der Waals surface area contributed by atoms with E-state index in [1.54, 1.807) is 0 Å². The summed E-state index contributed by atoms with van der Waals surface area (Å²) in [6, 6.07) is 92.1. The Morgan fingerprint density at radius 3 is 1.42 bits per heavy atom. The van der Waals surface area contributed by atoms with E-state index in [1.807, 2.05) is 0 Å². The highest BCUT2D eigenvalue weighted by Crippen LogP contribution is 2.51. The minimum atomic E-state index is 0.123. The molecule has 312 valence electrons. The van der Waals surface area contributed by atoms with E-state index in [9.17, 15) is 0 Å². The van der Waals surface area contributed by atoms with E-state index in [-0.39, 0.29) is 5.92 Å². The first kappa shape index (κ1) is 37.6. The first-order chi connectivity index (χ1) is 33.2. The molecule has 0 bridgehead atoms. The molecule has 2 heteroatoms. The van der Waals surface area contributed by atoms with Gasteiger partial charge >= 0.3 is 0 Å². The summed E-state index contributed by atoms with van der Waals surface area (Å²) in [5.41, 5.74) is 21.1. The van der Waals surface area contributed by atoms with Crippen LogP contribution in [0.4, 0.5) is 0 Å². The average Bonchev–Trinajstić information content (AvgIpc) is 4.03. The Balaban J connectivity index is 0.952. The van der Waals surface area contributed by atoms with Crippen LogP contribution in [-0.4, -0.2) is 9.13 Å². The molecule has 0 saturated heterocycles. The van der Waals surface area contributed by atoms with Crippen molar-refractivity contribution in [2.75, 3.05) is 0 Å². The Hall–Kier alpha value is -8.72. The zero-order valence-electron chi connectivity index (χ0n) is 36.6. The number of fused-ring (bicyclic) bond motifs is 10. The second-order valence-electron chi connectivity index (χ2n) is 18.1. The van der Waals surface area contributed by atoms with Gasteiger partial charge in [-0.05, 0) is 139 Å². The molecule has 2 nitrogen and oxygen atoms in total. The first-order valence-electron chi connectivity index (χ1n) is 23.3. The summed E-state index contributed by atoms with van der Waals surface area (Å²) in [6.07, 6.45) is 0. The fourth-order valence-corrected chi connectivity index (χ4v) is 11.2. The van der Waals surface area contributed by atoms with Crippen molar-refractivity contribution in [1.29, 1.82) is 0 Å². The first-order valence-corrected chi connectivity index (χ1v) is 23.3. The minimum Gasteiger partial charge on any atom is -0.309 e. The molecule has 14 rings (SSSR count). The van der Waals surface area contributed by atoms with Crippen LogP contribution >= 0.6 is 0 Å². The van der Waals surface area contributed by atoms with Gasteiger partial charge in [0.1, 0.15) is 0 Å². The van der Waals surface area contributed by atoms with Crippen LogP contribution in [0.2, 0.25) is 0 Å². The summed E-state index contributed by atoms with van der Waals surface area (Å²) in [6.45, 7) is 0. The fourth-order valence-electron chi connectivity index (χ4n) is 11.2. The summed E-state index contributed by atoms with van der Waals surface area (Å²) in [7, 11) is 0. The molecule has 67 heavy (non-hydrogen) atoms. The predicted octanol–water partition coefficient (Wildman–Crippen LogP) is 17.2. The standard InChI is InChI=1S/C65H42N2/c1-3-13-42(14-4-1)45-25-31-51(32-26-45)66-61-22-12-11-20-54(61)57-38-48(29-35-62(57)66)49-30-36-63-58(39-49)59-40-56-53-19-9-10-21-55(53)65(50-24-23-44-17-7-8-18-47(44)37-50)60(56)41-64(59)67(63)52-33-27-46(28-34-52)43-15-5-2-6-16-43/h1-41,65H. The molecule has 0 saturated carbocycles. The summed E-state index contributed by atoms with van der Waals surface area (Å²) in [4.78, 5) is 0. The normalized spacial score (nSPS) is 13.2. The summed E-state index contributed by atoms with van der Waals surface area (Å²) < 4.78 is 4.90. The lowest BCUT2D eigenvalue weighted by atomic mass is 9.88. The van der Waals surface area contributed by atoms with Crippen LogP contribution in [0.25, 0.3) is 110 Å². The molecule has 1 atom stereocenters. The molecular weight excluding hydrogens is 809 g/mol. The Morgan fingerprint density at radius 2 is 0.746 bits per heavy atom. The van der Waals surface area contributed by atoms with Crippen LogP contribution in [0.15, 0.2) is 249 Å². The van der Waals surface area contributed by atoms with Crippen LogP contribution in [0.3, 0.4) is 0 Å². The molecule has 0 amide bonds. The zero-order chi connectivity index (χ0) is 44.0. The van der Waals surface area contributed by atoms with E-state index in [2.05, 4.69) is 258 Å². The number of benzene rings is 11. The fraction of sp³-hybridized carbons (Fsp3) is 0.0154. The molecule has 1 unspecified atom stereocenters. The monoisotopic (exact) mass is 850 g/mol. The van der Waals surface area contributed by atoms with E-state index < -0.39 is 0 Å². The Labute approximate surface area is 388 Å². The summed E-state index contributed by atoms with van der Waals surface area (Å²) in [5, 5.41) is 7.53. The van der Waals surface area contributed by atoms with Crippen LogP contribution < -0.4 is 0 Å². The number of para-hydroxylation sites is 1. The van der Waals surface area contributed by atoms with Crippen LogP contribution in [0.1, 0.15) is 22.6 Å². The Kier molecular flexibility index (Phi) is 8.38. The number of aromatic nitrogens is 2. The molecule has 0 fully saturated rings. The molecule has 11 aromatic carbocycles. The number of hydrogen-bond acceptors (Lipinski definition) is 0. The van der Waals surface area contributed by atoms with E-state index in [4.69, 9.17) is 0 Å². The van der Waals surface area contributed by atoms with Crippen molar-refractivity contribution in [2.24, 2.45) is 0 Å². The van der Waals surface area contributed by atoms with Crippen molar-refractivity contribution in [3.05, 3.63) is 265 Å². The topological polar surface area (TPSA) is 9.86 Å². The molecule has 0 spiro atoms. The van der Waals surface area contributed by atoms with Crippen molar-refractivity contribution < 1.29 is 0 Å². The van der Waals surface area contributed by atoms with E-state index in [0.29, 0.717) is 0 Å². The van der Waals surface area contributed by atoms with Crippen LogP contribution in [-0.2, 0) is 0 Å². The number of hydrogen-bond donors (Lipinski definition) is 0. The maximum atomic E-state index is 2.50. The quantitative estimate of drug-likeness (QED) is 0.158. The van der Waals surface area contributed by atoms with Gasteiger partial charge in [-0.15, -0.1) is 0 Å². The van der Waals surface area contributed by atoms with Gasteiger partial charge in [0.15, 0.2) is 0 Å². The lowest BCUT2D eigenvalue weighted by molar-refractivity contribution is 1.02. The highest BCUT2D eigenvalue weighted by molar-refractivity contribution is 6.14. The van der Waals surface area contributed by atoms with Crippen molar-refractivity contribution >= 4 is 54.4 Å². The van der Waals surface area contributed by atoms with Gasteiger partial charge in [0.2, 0.25) is 0 Å². The van der Waals surface area contributed by atoms with E-state index >= 15 is 0 Å². The summed E-state index contributed by atoms with van der Waals surface area (Å²) >= 11 is 0. The molecule has 13 aromatic rings. The minimum absolute atomic E-state index is 0.123. The van der Waals surface area contributed by atoms with E-state index in [1.165, 1.54) is 116 Å². The molecule has 1 aliphatic rings. The lowest BCUT2D eigenvalue weighted by Gasteiger charge is -2.16. The highest BCUT2D eigenvalue weighted by atomic mass is 15.0. The van der Waals surface area contributed by atoms with Gasteiger partial charge in [-0.1, -0.05) is 182 Å². The Bertz CT molecular complexity index is 4060. The molecule has 0 N–H and O–H groups in total. The number of nitrogens with zero attached hydrogens (tertiary/aromatic N) is 2. The second kappa shape index (κ2) is 14.9. The van der Waals surface area contributed by atoms with Gasteiger partial charge in [0.25, 0.3) is 0 Å². The Morgan fingerprint density at radius 1 is 0.254 bits per heavy atom. The average molecular weight is 851 g/mol. The maximum Gasteiger partial charge on any atom is 0.0544 e. The van der Waals surface area contributed by atoms with Gasteiger partial charge in [-0.3, -0.25) is 0 Å². The SMILES string of the molecule is c1ccc(-c2ccc(-n3c4ccccc4c4cc(-c5ccc6c(c5)c5cc7c(cc5n6-c5ccc(-c6ccccc6)cc5)C(c5ccc6ccccc6c5)c5ccccc5-7)ccc43)cc2)cc1.